The van der Waals surface area contributed by atoms with E-state index in [-0.39, 0.29) is 17.8 Å². The third-order valence-electron chi connectivity index (χ3n) is 5.90. The summed E-state index contributed by atoms with van der Waals surface area (Å²) in [5.74, 6) is 0.0503. The number of ether oxygens (including phenoxy) is 1. The number of anilines is 1. The predicted octanol–water partition coefficient (Wildman–Crippen LogP) is 5.70. The van der Waals surface area contributed by atoms with Crippen molar-refractivity contribution in [2.75, 3.05) is 5.32 Å². The van der Waals surface area contributed by atoms with E-state index in [2.05, 4.69) is 37.2 Å². The van der Waals surface area contributed by atoms with Crippen LogP contribution >= 0.6 is 31.9 Å². The third kappa shape index (κ3) is 2.71. The van der Waals surface area contributed by atoms with Crippen molar-refractivity contribution in [3.63, 3.8) is 0 Å². The van der Waals surface area contributed by atoms with Crippen molar-refractivity contribution in [1.82, 2.24) is 5.01 Å². The molecule has 0 aliphatic carbocycles. The Morgan fingerprint density at radius 3 is 2.61 bits per heavy atom. The molecule has 1 N–H and O–H groups in total. The minimum Gasteiger partial charge on any atom is -0.453 e. The van der Waals surface area contributed by atoms with E-state index in [1.807, 2.05) is 36.4 Å². The molecule has 0 fully saturated rings. The third-order valence-corrected chi connectivity index (χ3v) is 6.89. The molecule has 0 saturated carbocycles. The van der Waals surface area contributed by atoms with Gasteiger partial charge in [-0.1, -0.05) is 44.0 Å². The molecule has 0 unspecified atom stereocenters. The first-order valence-corrected chi connectivity index (χ1v) is 11.3. The van der Waals surface area contributed by atoms with Crippen LogP contribution in [0.5, 0.6) is 5.75 Å². The van der Waals surface area contributed by atoms with Crippen molar-refractivity contribution in [3.8, 4) is 5.75 Å². The molecule has 3 aromatic rings. The molecule has 154 valence electrons. The highest BCUT2D eigenvalue weighted by Crippen LogP contribution is 2.54. The summed E-state index contributed by atoms with van der Waals surface area (Å²) in [6.45, 7) is 0. The van der Waals surface area contributed by atoms with Crippen molar-refractivity contribution in [2.45, 2.75) is 18.2 Å². The van der Waals surface area contributed by atoms with Gasteiger partial charge in [0.25, 0.3) is 5.91 Å². The first kappa shape index (κ1) is 19.0. The standard InChI is InChI=1S/C23H14Br2FN3O2/c24-13-4-8-21-16(9-13)20-11-19(12-1-5-15(26)6-2-12)28-29(20)23(31-21)17-10-14(25)3-7-18(17)27-22(23)30/h1-10,20H,11H2,(H,27,30)/t20-,23-/m1/s1. The molecule has 0 aromatic heterocycles. The van der Waals surface area contributed by atoms with Gasteiger partial charge in [-0.2, -0.15) is 5.10 Å². The fourth-order valence-corrected chi connectivity index (χ4v) is 5.24. The van der Waals surface area contributed by atoms with Crippen LogP contribution in [0.1, 0.15) is 29.2 Å². The average Bonchev–Trinajstić information content (AvgIpc) is 3.31. The van der Waals surface area contributed by atoms with E-state index in [9.17, 15) is 9.18 Å². The Morgan fingerprint density at radius 2 is 1.81 bits per heavy atom. The quantitative estimate of drug-likeness (QED) is 0.429. The molecule has 31 heavy (non-hydrogen) atoms. The molecular formula is C23H14Br2FN3O2. The Kier molecular flexibility index (Phi) is 4.07. The number of amides is 1. The number of carbonyl (C=O) groups is 1. The highest BCUT2D eigenvalue weighted by Gasteiger charge is 2.61. The Balaban J connectivity index is 1.58. The number of halogens is 3. The molecule has 1 amide bonds. The smallest absolute Gasteiger partial charge is 0.306 e. The average molecular weight is 543 g/mol. The van der Waals surface area contributed by atoms with E-state index in [1.165, 1.54) is 12.1 Å². The van der Waals surface area contributed by atoms with Gasteiger partial charge >= 0.3 is 5.72 Å². The summed E-state index contributed by atoms with van der Waals surface area (Å²) >= 11 is 7.05. The van der Waals surface area contributed by atoms with Gasteiger partial charge in [-0.25, -0.2) is 9.40 Å². The lowest BCUT2D eigenvalue weighted by Crippen LogP contribution is -2.55. The second-order valence-electron chi connectivity index (χ2n) is 7.69. The van der Waals surface area contributed by atoms with Gasteiger partial charge in [0.1, 0.15) is 11.6 Å². The van der Waals surface area contributed by atoms with Crippen LogP contribution in [0.15, 0.2) is 74.7 Å². The van der Waals surface area contributed by atoms with E-state index in [0.29, 0.717) is 23.4 Å². The maximum Gasteiger partial charge on any atom is 0.306 e. The Bertz CT molecular complexity index is 1290. The highest BCUT2D eigenvalue weighted by atomic mass is 79.9. The molecular weight excluding hydrogens is 529 g/mol. The van der Waals surface area contributed by atoms with Crippen LogP contribution in [0.3, 0.4) is 0 Å². The number of benzene rings is 3. The summed E-state index contributed by atoms with van der Waals surface area (Å²) < 4.78 is 21.7. The zero-order valence-corrected chi connectivity index (χ0v) is 19.1. The van der Waals surface area contributed by atoms with Crippen molar-refractivity contribution in [2.24, 2.45) is 5.10 Å². The van der Waals surface area contributed by atoms with Crippen LogP contribution in [-0.2, 0) is 10.5 Å². The summed E-state index contributed by atoms with van der Waals surface area (Å²) in [5, 5.41) is 9.57. The van der Waals surface area contributed by atoms with Crippen molar-refractivity contribution >= 4 is 49.2 Å². The Hall–Kier alpha value is -2.71. The molecule has 2 atom stereocenters. The minimum atomic E-state index is -1.42. The predicted molar refractivity (Wildman–Crippen MR) is 121 cm³/mol. The normalized spacial score (nSPS) is 23.1. The molecule has 6 rings (SSSR count). The fourth-order valence-electron chi connectivity index (χ4n) is 4.50. The van der Waals surface area contributed by atoms with Crippen LogP contribution < -0.4 is 10.1 Å². The molecule has 0 bridgehead atoms. The summed E-state index contributed by atoms with van der Waals surface area (Å²) in [6, 6.07) is 17.4. The largest absolute Gasteiger partial charge is 0.453 e. The van der Waals surface area contributed by atoms with Gasteiger partial charge in [-0.05, 0) is 54.1 Å². The number of carbonyl (C=O) groups excluding carboxylic acids is 1. The number of hydrogen-bond acceptors (Lipinski definition) is 4. The second kappa shape index (κ2) is 6.64. The van der Waals surface area contributed by atoms with Gasteiger partial charge in [0.15, 0.2) is 0 Å². The Morgan fingerprint density at radius 1 is 1.06 bits per heavy atom. The Labute approximate surface area is 194 Å². The number of hydrazone groups is 1. The second-order valence-corrected chi connectivity index (χ2v) is 9.52. The SMILES string of the molecule is O=C1Nc2ccc(Br)cc2[C@@]12Oc1ccc(Br)cc1[C@H]1CC(c3ccc(F)cc3)=NN12. The van der Waals surface area contributed by atoms with Crippen molar-refractivity contribution in [3.05, 3.63) is 92.1 Å². The van der Waals surface area contributed by atoms with Gasteiger partial charge < -0.3 is 10.1 Å². The summed E-state index contributed by atoms with van der Waals surface area (Å²) in [4.78, 5) is 13.4. The lowest BCUT2D eigenvalue weighted by atomic mass is 9.92. The topological polar surface area (TPSA) is 53.9 Å². The monoisotopic (exact) mass is 541 g/mol. The molecule has 0 saturated heterocycles. The molecule has 3 aliphatic heterocycles. The lowest BCUT2D eigenvalue weighted by molar-refractivity contribution is -0.161. The van der Waals surface area contributed by atoms with E-state index in [0.717, 1.165) is 25.8 Å². The summed E-state index contributed by atoms with van der Waals surface area (Å²) in [7, 11) is 0. The van der Waals surface area contributed by atoms with Crippen LogP contribution in [0.4, 0.5) is 10.1 Å². The van der Waals surface area contributed by atoms with Crippen LogP contribution in [-0.4, -0.2) is 16.6 Å². The van der Waals surface area contributed by atoms with Crippen LogP contribution in [0.2, 0.25) is 0 Å². The first-order valence-electron chi connectivity index (χ1n) is 9.68. The van der Waals surface area contributed by atoms with E-state index in [4.69, 9.17) is 9.84 Å². The molecule has 3 aromatic carbocycles. The number of nitrogens with zero attached hydrogens (tertiary/aromatic N) is 2. The zero-order valence-electron chi connectivity index (χ0n) is 15.9. The maximum absolute atomic E-state index is 13.5. The highest BCUT2D eigenvalue weighted by molar-refractivity contribution is 9.10. The molecule has 3 aliphatic rings. The molecule has 8 heteroatoms. The van der Waals surface area contributed by atoms with E-state index < -0.39 is 5.72 Å². The molecule has 3 heterocycles. The molecule has 1 spiro atoms. The van der Waals surface area contributed by atoms with Crippen molar-refractivity contribution < 1.29 is 13.9 Å². The molecule has 0 radical (unpaired) electrons. The van der Waals surface area contributed by atoms with Gasteiger partial charge in [0.05, 0.1) is 23.0 Å². The van der Waals surface area contributed by atoms with E-state index >= 15 is 0 Å². The lowest BCUT2D eigenvalue weighted by Gasteiger charge is -2.44. The fraction of sp³-hybridized carbons (Fsp3) is 0.130. The minimum absolute atomic E-state index is 0.211. The molecule has 5 nitrogen and oxygen atoms in total. The van der Waals surface area contributed by atoms with Crippen LogP contribution in [0, 0.1) is 5.82 Å². The number of rotatable bonds is 1. The summed E-state index contributed by atoms with van der Waals surface area (Å²) in [5.41, 5.74) is 2.50. The van der Waals surface area contributed by atoms with Gasteiger partial charge in [-0.3, -0.25) is 4.79 Å². The van der Waals surface area contributed by atoms with E-state index in [1.54, 1.807) is 17.1 Å². The van der Waals surface area contributed by atoms with Gasteiger partial charge in [-0.15, -0.1) is 0 Å². The van der Waals surface area contributed by atoms with Crippen LogP contribution in [0.25, 0.3) is 0 Å². The van der Waals surface area contributed by atoms with Gasteiger partial charge in [0, 0.05) is 20.9 Å². The number of hydrogen-bond donors (Lipinski definition) is 1. The van der Waals surface area contributed by atoms with Gasteiger partial charge in [0.2, 0.25) is 0 Å². The first-order chi connectivity index (χ1) is 15.0. The van der Waals surface area contributed by atoms with Crippen molar-refractivity contribution in [1.29, 1.82) is 0 Å². The number of fused-ring (bicyclic) bond motifs is 6. The number of nitrogens with one attached hydrogen (secondary N) is 1. The zero-order chi connectivity index (χ0) is 21.3. The maximum atomic E-state index is 13.5. The summed E-state index contributed by atoms with van der Waals surface area (Å²) in [6.07, 6.45) is 0.566.